The molecule has 0 aliphatic rings. The Morgan fingerprint density at radius 2 is 1.20 bits per heavy atom. The summed E-state index contributed by atoms with van der Waals surface area (Å²) >= 11 is 0. The lowest BCUT2D eigenvalue weighted by Gasteiger charge is -2.01. The lowest BCUT2D eigenvalue weighted by molar-refractivity contribution is 0.471. The van der Waals surface area contributed by atoms with Gasteiger partial charge in [-0.3, -0.25) is 0 Å². The normalized spacial score (nSPS) is 12.7. The van der Waals surface area contributed by atoms with E-state index in [4.69, 9.17) is 26.5 Å². The third-order valence-corrected chi connectivity index (χ3v) is 4.09. The Kier molecular flexibility index (Phi) is 3.20. The molecule has 1 aromatic carbocycles. The molecule has 0 amide bonds. The van der Waals surface area contributed by atoms with Crippen molar-refractivity contribution in [2.45, 2.75) is 9.79 Å². The number of phenolic OH excluding ortho intramolecular Hbond substituents is 1. The molecule has 0 radical (unpaired) electrons. The van der Waals surface area contributed by atoms with Crippen LogP contribution in [-0.2, 0) is 18.1 Å². The molecule has 1 N–H and O–H groups in total. The van der Waals surface area contributed by atoms with E-state index >= 15 is 0 Å². The van der Waals surface area contributed by atoms with E-state index in [1.807, 2.05) is 0 Å². The summed E-state index contributed by atoms with van der Waals surface area (Å²) in [4.78, 5) is -1.08. The number of phenols is 1. The summed E-state index contributed by atoms with van der Waals surface area (Å²) in [6.45, 7) is 0. The van der Waals surface area contributed by atoms with E-state index in [1.165, 1.54) is 0 Å². The van der Waals surface area contributed by atoms with Crippen LogP contribution >= 0.6 is 21.4 Å². The molecule has 1 rings (SSSR count). The molecule has 0 atom stereocenters. The Bertz CT molecular complexity index is 540. The topological polar surface area (TPSA) is 88.5 Å². The molecule has 0 unspecified atom stereocenters. The number of benzene rings is 1. The van der Waals surface area contributed by atoms with Crippen LogP contribution in [0.3, 0.4) is 0 Å². The van der Waals surface area contributed by atoms with Crippen LogP contribution < -0.4 is 0 Å². The van der Waals surface area contributed by atoms with Crippen LogP contribution in [0.15, 0.2) is 28.0 Å². The van der Waals surface area contributed by atoms with Crippen molar-refractivity contribution in [1.29, 1.82) is 0 Å². The predicted octanol–water partition coefficient (Wildman–Crippen LogP) is 1.25. The van der Waals surface area contributed by atoms with Gasteiger partial charge in [-0.15, -0.1) is 0 Å². The Morgan fingerprint density at radius 1 is 0.867 bits per heavy atom. The number of aromatic hydroxyl groups is 1. The molecule has 0 aliphatic carbocycles. The summed E-state index contributed by atoms with van der Waals surface area (Å²) in [6.07, 6.45) is 0. The summed E-state index contributed by atoms with van der Waals surface area (Å²) in [5.74, 6) is -0.559. The highest BCUT2D eigenvalue weighted by Gasteiger charge is 2.18. The van der Waals surface area contributed by atoms with E-state index in [0.29, 0.717) is 0 Å². The van der Waals surface area contributed by atoms with Crippen molar-refractivity contribution in [1.82, 2.24) is 0 Å². The molecule has 15 heavy (non-hydrogen) atoms. The first-order valence-electron chi connectivity index (χ1n) is 3.34. The second-order valence-electron chi connectivity index (χ2n) is 2.54. The van der Waals surface area contributed by atoms with Gasteiger partial charge in [0.05, 0.1) is 9.79 Å². The van der Waals surface area contributed by atoms with Crippen LogP contribution in [0.1, 0.15) is 0 Å². The van der Waals surface area contributed by atoms with Gasteiger partial charge < -0.3 is 5.11 Å². The minimum atomic E-state index is -4.12. The van der Waals surface area contributed by atoms with E-state index in [9.17, 15) is 16.8 Å². The Labute approximate surface area is 95.1 Å². The van der Waals surface area contributed by atoms with Crippen molar-refractivity contribution >= 4 is 39.5 Å². The predicted molar refractivity (Wildman–Crippen MR) is 54.2 cm³/mol. The highest BCUT2D eigenvalue weighted by atomic mass is 35.7. The zero-order valence-electron chi connectivity index (χ0n) is 6.88. The molecule has 0 bridgehead atoms. The lowest BCUT2D eigenvalue weighted by atomic mass is 10.3. The van der Waals surface area contributed by atoms with Crippen molar-refractivity contribution in [3.8, 4) is 5.75 Å². The van der Waals surface area contributed by atoms with Crippen molar-refractivity contribution in [3.63, 3.8) is 0 Å². The second-order valence-corrected chi connectivity index (χ2v) is 7.67. The van der Waals surface area contributed by atoms with Gasteiger partial charge >= 0.3 is 0 Å². The largest absolute Gasteiger partial charge is 0.508 e. The maximum absolute atomic E-state index is 10.9. The molecular weight excluding hydrogens is 287 g/mol. The molecular formula is C6H4Cl2O5S2. The molecule has 0 spiro atoms. The maximum Gasteiger partial charge on any atom is 0.261 e. The van der Waals surface area contributed by atoms with Crippen LogP contribution in [0.2, 0.25) is 0 Å². The minimum absolute atomic E-state index is 0.539. The van der Waals surface area contributed by atoms with E-state index in [1.54, 1.807) is 0 Å². The molecule has 1 aromatic rings. The van der Waals surface area contributed by atoms with Crippen molar-refractivity contribution in [2.75, 3.05) is 0 Å². The van der Waals surface area contributed by atoms with Crippen LogP contribution in [0, 0.1) is 0 Å². The third kappa shape index (κ3) is 3.23. The molecule has 0 aromatic heterocycles. The second kappa shape index (κ2) is 3.82. The van der Waals surface area contributed by atoms with E-state index < -0.39 is 33.6 Å². The fourth-order valence-corrected chi connectivity index (χ4v) is 2.51. The first-order valence-corrected chi connectivity index (χ1v) is 7.96. The van der Waals surface area contributed by atoms with E-state index in [-0.39, 0.29) is 0 Å². The Balaban J connectivity index is 3.57. The number of hydrogen-bond donors (Lipinski definition) is 1. The average molecular weight is 291 g/mol. The van der Waals surface area contributed by atoms with Crippen molar-refractivity contribution < 1.29 is 21.9 Å². The quantitative estimate of drug-likeness (QED) is 0.828. The molecule has 9 heteroatoms. The van der Waals surface area contributed by atoms with E-state index in [2.05, 4.69) is 0 Å². The molecule has 0 aliphatic heterocycles. The van der Waals surface area contributed by atoms with Crippen LogP contribution in [-0.4, -0.2) is 21.9 Å². The van der Waals surface area contributed by atoms with Crippen LogP contribution in [0.25, 0.3) is 0 Å². The van der Waals surface area contributed by atoms with Gasteiger partial charge in [-0.2, -0.15) is 0 Å². The summed E-state index contributed by atoms with van der Waals surface area (Å²) < 4.78 is 43.5. The molecule has 0 saturated heterocycles. The van der Waals surface area contributed by atoms with Crippen molar-refractivity contribution in [3.05, 3.63) is 18.2 Å². The maximum atomic E-state index is 10.9. The Hall–Kier alpha value is -0.500. The van der Waals surface area contributed by atoms with Gasteiger partial charge in [-0.25, -0.2) is 16.8 Å². The first-order chi connectivity index (χ1) is 6.60. The summed E-state index contributed by atoms with van der Waals surface area (Å²) in [5, 5.41) is 9.07. The fourth-order valence-electron chi connectivity index (χ4n) is 0.838. The SMILES string of the molecule is O=S(=O)(Cl)c1cc(O)cc(S(=O)(=O)Cl)c1. The highest BCUT2D eigenvalue weighted by molar-refractivity contribution is 8.14. The van der Waals surface area contributed by atoms with Gasteiger partial charge in [-0.1, -0.05) is 0 Å². The van der Waals surface area contributed by atoms with Gasteiger partial charge in [-0.05, 0) is 18.2 Å². The standard InChI is InChI=1S/C6H4Cl2O5S2/c7-14(10,11)5-1-4(9)2-6(3-5)15(8,12)13/h1-3,9H. The molecule has 84 valence electrons. The molecule has 5 nitrogen and oxygen atoms in total. The number of halogens is 2. The lowest BCUT2D eigenvalue weighted by Crippen LogP contribution is -1.95. The minimum Gasteiger partial charge on any atom is -0.508 e. The number of hydrogen-bond acceptors (Lipinski definition) is 5. The van der Waals surface area contributed by atoms with Crippen LogP contribution in [0.5, 0.6) is 5.75 Å². The van der Waals surface area contributed by atoms with Gasteiger partial charge in [0.2, 0.25) is 0 Å². The zero-order chi connectivity index (χ0) is 11.9. The average Bonchev–Trinajstić information content (AvgIpc) is 1.99. The number of rotatable bonds is 2. The summed E-state index contributed by atoms with van der Waals surface area (Å²) in [5.41, 5.74) is 0. The summed E-state index contributed by atoms with van der Waals surface area (Å²) in [6, 6.07) is 2.38. The zero-order valence-corrected chi connectivity index (χ0v) is 10.0. The van der Waals surface area contributed by atoms with Gasteiger partial charge in [0.15, 0.2) is 0 Å². The molecule has 0 fully saturated rings. The monoisotopic (exact) mass is 290 g/mol. The molecule has 0 heterocycles. The molecule has 0 saturated carbocycles. The third-order valence-electron chi connectivity index (χ3n) is 1.43. The van der Waals surface area contributed by atoms with E-state index in [0.717, 1.165) is 18.2 Å². The van der Waals surface area contributed by atoms with Gasteiger partial charge in [0, 0.05) is 21.4 Å². The van der Waals surface area contributed by atoms with Gasteiger partial charge in [0.25, 0.3) is 18.1 Å². The van der Waals surface area contributed by atoms with Crippen LogP contribution in [0.4, 0.5) is 0 Å². The van der Waals surface area contributed by atoms with Crippen molar-refractivity contribution in [2.24, 2.45) is 0 Å². The fraction of sp³-hybridized carbons (Fsp3) is 0. The Morgan fingerprint density at radius 3 is 1.47 bits per heavy atom. The van der Waals surface area contributed by atoms with Gasteiger partial charge in [0.1, 0.15) is 5.75 Å². The summed E-state index contributed by atoms with van der Waals surface area (Å²) in [7, 11) is 1.71. The highest BCUT2D eigenvalue weighted by Crippen LogP contribution is 2.26. The smallest absolute Gasteiger partial charge is 0.261 e. The first kappa shape index (κ1) is 12.6.